The van der Waals surface area contributed by atoms with Crippen LogP contribution in [-0.4, -0.2) is 66.7 Å². The number of likely N-dealkylation sites (N-methyl/N-ethyl adjacent to an activating group) is 1. The number of carbonyl (C=O) groups excluding carboxylic acids is 1. The molecule has 1 unspecified atom stereocenters. The van der Waals surface area contributed by atoms with Crippen molar-refractivity contribution in [3.63, 3.8) is 0 Å². The topological polar surface area (TPSA) is 72.9 Å². The Hall–Kier alpha value is -1.30. The molecule has 0 radical (unpaired) electrons. The lowest BCUT2D eigenvalue weighted by Crippen LogP contribution is -2.52. The highest BCUT2D eigenvalue weighted by molar-refractivity contribution is 5.76. The normalized spacial score (nSPS) is 20.7. The Kier molecular flexibility index (Phi) is 6.95. The predicted octanol–water partition coefficient (Wildman–Crippen LogP) is 1.47. The van der Waals surface area contributed by atoms with Crippen LogP contribution in [0.5, 0.6) is 0 Å². The van der Waals surface area contributed by atoms with Crippen molar-refractivity contribution in [2.45, 2.75) is 39.2 Å². The van der Waals surface area contributed by atoms with Gasteiger partial charge < -0.3 is 20.2 Å². The zero-order valence-corrected chi connectivity index (χ0v) is 13.6. The minimum absolute atomic E-state index is 0.0951. The van der Waals surface area contributed by atoms with E-state index >= 15 is 0 Å². The predicted molar refractivity (Wildman–Crippen MR) is 82.3 cm³/mol. The average molecular weight is 299 g/mol. The second-order valence-corrected chi connectivity index (χ2v) is 6.66. The van der Waals surface area contributed by atoms with Crippen molar-refractivity contribution < 1.29 is 14.7 Å². The van der Waals surface area contributed by atoms with E-state index in [1.165, 1.54) is 0 Å². The largest absolute Gasteiger partial charge is 0.481 e. The van der Waals surface area contributed by atoms with E-state index < -0.39 is 11.9 Å². The molecule has 1 heterocycles. The summed E-state index contributed by atoms with van der Waals surface area (Å²) in [6, 6.07) is -0.0360. The maximum Gasteiger partial charge on any atom is 0.317 e. The first kappa shape index (κ1) is 17.8. The Balaban J connectivity index is 2.57. The van der Waals surface area contributed by atoms with Crippen LogP contribution in [0.2, 0.25) is 0 Å². The number of piperidine rings is 1. The number of amides is 2. The second-order valence-electron chi connectivity index (χ2n) is 6.66. The Labute approximate surface area is 127 Å². The van der Waals surface area contributed by atoms with Gasteiger partial charge in [0.2, 0.25) is 0 Å². The molecule has 21 heavy (non-hydrogen) atoms. The molecule has 1 aliphatic heterocycles. The number of carbonyl (C=O) groups is 2. The van der Waals surface area contributed by atoms with E-state index in [2.05, 4.69) is 24.1 Å². The van der Waals surface area contributed by atoms with Crippen molar-refractivity contribution in [1.29, 1.82) is 0 Å². The summed E-state index contributed by atoms with van der Waals surface area (Å²) < 4.78 is 0. The molecule has 0 aromatic heterocycles. The van der Waals surface area contributed by atoms with Gasteiger partial charge in [-0.05, 0) is 39.3 Å². The minimum atomic E-state index is -0.806. The molecule has 0 saturated carbocycles. The van der Waals surface area contributed by atoms with Crippen LogP contribution >= 0.6 is 0 Å². The highest BCUT2D eigenvalue weighted by atomic mass is 16.4. The molecule has 0 aromatic rings. The van der Waals surface area contributed by atoms with Gasteiger partial charge in [-0.2, -0.15) is 0 Å². The number of nitrogens with one attached hydrogen (secondary N) is 1. The summed E-state index contributed by atoms with van der Waals surface area (Å²) in [5, 5.41) is 12.2. The van der Waals surface area contributed by atoms with E-state index in [0.29, 0.717) is 25.4 Å². The van der Waals surface area contributed by atoms with Crippen LogP contribution in [0.1, 0.15) is 33.1 Å². The molecule has 2 N–H and O–H groups in total. The van der Waals surface area contributed by atoms with Crippen LogP contribution in [0, 0.1) is 11.8 Å². The summed E-state index contributed by atoms with van der Waals surface area (Å²) in [5.41, 5.74) is 0. The first-order valence-corrected chi connectivity index (χ1v) is 7.72. The number of rotatable bonds is 6. The van der Waals surface area contributed by atoms with Gasteiger partial charge in [-0.1, -0.05) is 13.8 Å². The smallest absolute Gasteiger partial charge is 0.317 e. The van der Waals surface area contributed by atoms with E-state index in [-0.39, 0.29) is 12.1 Å². The molecule has 122 valence electrons. The monoisotopic (exact) mass is 299 g/mol. The molecule has 1 aliphatic rings. The fourth-order valence-electron chi connectivity index (χ4n) is 2.82. The molecule has 0 aliphatic carbocycles. The van der Waals surface area contributed by atoms with Gasteiger partial charge in [0.15, 0.2) is 0 Å². The minimum Gasteiger partial charge on any atom is -0.481 e. The van der Waals surface area contributed by atoms with Gasteiger partial charge in [-0.3, -0.25) is 4.79 Å². The third kappa shape index (κ3) is 6.33. The van der Waals surface area contributed by atoms with Crippen molar-refractivity contribution in [2.75, 3.05) is 33.7 Å². The fourth-order valence-corrected chi connectivity index (χ4v) is 2.82. The van der Waals surface area contributed by atoms with Gasteiger partial charge in [-0.25, -0.2) is 4.79 Å². The number of hydrogen-bond acceptors (Lipinski definition) is 3. The van der Waals surface area contributed by atoms with Gasteiger partial charge in [0.05, 0.1) is 5.92 Å². The molecule has 1 fully saturated rings. The van der Waals surface area contributed by atoms with E-state index in [1.54, 1.807) is 4.90 Å². The van der Waals surface area contributed by atoms with Gasteiger partial charge in [0.25, 0.3) is 0 Å². The molecule has 1 saturated heterocycles. The summed E-state index contributed by atoms with van der Waals surface area (Å²) in [5.74, 6) is -0.732. The molecule has 6 heteroatoms. The highest BCUT2D eigenvalue weighted by Gasteiger charge is 2.29. The Bertz CT molecular complexity index is 348. The Morgan fingerprint density at radius 2 is 2.05 bits per heavy atom. The number of urea groups is 1. The zero-order chi connectivity index (χ0) is 16.0. The maximum absolute atomic E-state index is 12.3. The highest BCUT2D eigenvalue weighted by Crippen LogP contribution is 2.17. The molecular formula is C15H29N3O3. The standard InChI is InChI=1S/C15H29N3O3/c1-11(2)8-13(10-17(3)4)16-15(21)18-7-5-6-12(9-18)14(19)20/h11-13H,5-10H2,1-4H3,(H,16,21)(H,19,20)/t12-,13?/m1/s1. The van der Waals surface area contributed by atoms with E-state index in [4.69, 9.17) is 5.11 Å². The molecule has 0 aromatic carbocycles. The van der Waals surface area contributed by atoms with Gasteiger partial charge >= 0.3 is 12.0 Å². The number of carboxylic acid groups (broad SMARTS) is 1. The van der Waals surface area contributed by atoms with E-state index in [0.717, 1.165) is 19.4 Å². The summed E-state index contributed by atoms with van der Waals surface area (Å²) in [7, 11) is 3.97. The van der Waals surface area contributed by atoms with Gasteiger partial charge in [0.1, 0.15) is 0 Å². The quantitative estimate of drug-likeness (QED) is 0.779. The molecule has 2 atom stereocenters. The van der Waals surface area contributed by atoms with Crippen LogP contribution in [0.15, 0.2) is 0 Å². The molecule has 0 spiro atoms. The number of carboxylic acids is 1. The number of aliphatic carboxylic acids is 1. The van der Waals surface area contributed by atoms with Crippen LogP contribution in [0.3, 0.4) is 0 Å². The summed E-state index contributed by atoms with van der Waals surface area (Å²) in [6.07, 6.45) is 2.33. The SMILES string of the molecule is CC(C)CC(CN(C)C)NC(=O)N1CCC[C@@H](C(=O)O)C1. The number of nitrogens with zero attached hydrogens (tertiary/aromatic N) is 2. The summed E-state index contributed by atoms with van der Waals surface area (Å²) >= 11 is 0. The van der Waals surface area contributed by atoms with Crippen molar-refractivity contribution in [3.8, 4) is 0 Å². The fraction of sp³-hybridized carbons (Fsp3) is 0.867. The summed E-state index contributed by atoms with van der Waals surface area (Å²) in [6.45, 7) is 6.02. The molecule has 1 rings (SSSR count). The maximum atomic E-state index is 12.3. The first-order chi connectivity index (χ1) is 9.79. The average Bonchev–Trinajstić information content (AvgIpc) is 2.37. The van der Waals surface area contributed by atoms with Crippen LogP contribution in [0.4, 0.5) is 4.79 Å². The van der Waals surface area contributed by atoms with Crippen LogP contribution < -0.4 is 5.32 Å². The lowest BCUT2D eigenvalue weighted by Gasteiger charge is -2.33. The lowest BCUT2D eigenvalue weighted by molar-refractivity contribution is -0.143. The van der Waals surface area contributed by atoms with Crippen LogP contribution in [0.25, 0.3) is 0 Å². The number of likely N-dealkylation sites (tertiary alicyclic amines) is 1. The molecule has 6 nitrogen and oxygen atoms in total. The van der Waals surface area contributed by atoms with Crippen molar-refractivity contribution in [1.82, 2.24) is 15.1 Å². The zero-order valence-electron chi connectivity index (χ0n) is 13.6. The number of hydrogen-bond donors (Lipinski definition) is 2. The summed E-state index contributed by atoms with van der Waals surface area (Å²) in [4.78, 5) is 27.1. The van der Waals surface area contributed by atoms with Crippen LogP contribution in [-0.2, 0) is 4.79 Å². The lowest BCUT2D eigenvalue weighted by atomic mass is 9.98. The second kappa shape index (κ2) is 8.22. The first-order valence-electron chi connectivity index (χ1n) is 7.72. The van der Waals surface area contributed by atoms with Crippen molar-refractivity contribution in [3.05, 3.63) is 0 Å². The Morgan fingerprint density at radius 1 is 1.38 bits per heavy atom. The molecular weight excluding hydrogens is 270 g/mol. The van der Waals surface area contributed by atoms with Gasteiger partial charge in [0, 0.05) is 25.7 Å². The third-order valence-electron chi connectivity index (χ3n) is 3.73. The van der Waals surface area contributed by atoms with Crippen molar-refractivity contribution in [2.24, 2.45) is 11.8 Å². The third-order valence-corrected chi connectivity index (χ3v) is 3.73. The Morgan fingerprint density at radius 3 is 2.57 bits per heavy atom. The van der Waals surface area contributed by atoms with Crippen molar-refractivity contribution >= 4 is 12.0 Å². The molecule has 2 amide bonds. The molecule has 0 bridgehead atoms. The van der Waals surface area contributed by atoms with Gasteiger partial charge in [-0.15, -0.1) is 0 Å². The van der Waals surface area contributed by atoms with E-state index in [1.807, 2.05) is 14.1 Å². The van der Waals surface area contributed by atoms with E-state index in [9.17, 15) is 9.59 Å².